The summed E-state index contributed by atoms with van der Waals surface area (Å²) in [6.07, 6.45) is 0. The van der Waals surface area contributed by atoms with Crippen molar-refractivity contribution in [2.75, 3.05) is 26.9 Å². The van der Waals surface area contributed by atoms with Crippen LogP contribution in [0.3, 0.4) is 0 Å². The smallest absolute Gasteiger partial charge is 0.139 e. The molecule has 0 bridgehead atoms. The average molecular weight is 284 g/mol. The Morgan fingerprint density at radius 3 is 2.45 bits per heavy atom. The molecule has 1 unspecified atom stereocenters. The molecule has 0 radical (unpaired) electrons. The maximum absolute atomic E-state index is 10.5. The van der Waals surface area contributed by atoms with Crippen LogP contribution in [0.15, 0.2) is 12.1 Å². The lowest BCUT2D eigenvalue weighted by atomic mass is 9.93. The van der Waals surface area contributed by atoms with Crippen LogP contribution in [0.25, 0.3) is 0 Å². The van der Waals surface area contributed by atoms with Gasteiger partial charge in [-0.25, -0.2) is 0 Å². The van der Waals surface area contributed by atoms with E-state index in [-0.39, 0.29) is 17.9 Å². The van der Waals surface area contributed by atoms with E-state index in [0.717, 1.165) is 5.56 Å². The SMILES string of the molecule is COc1cc(C(O)(CO)COCC(C)C)c(O)cc1C. The Kier molecular flexibility index (Phi) is 5.80. The van der Waals surface area contributed by atoms with Crippen molar-refractivity contribution in [2.45, 2.75) is 26.4 Å². The van der Waals surface area contributed by atoms with E-state index in [1.807, 2.05) is 13.8 Å². The van der Waals surface area contributed by atoms with Crippen molar-refractivity contribution in [1.29, 1.82) is 0 Å². The Bertz CT molecular complexity index is 444. The number of benzene rings is 1. The lowest BCUT2D eigenvalue weighted by molar-refractivity contribution is -0.0878. The van der Waals surface area contributed by atoms with E-state index in [2.05, 4.69) is 0 Å². The number of phenolic OH excluding ortho intramolecular Hbond substituents is 1. The molecule has 20 heavy (non-hydrogen) atoms. The van der Waals surface area contributed by atoms with Crippen LogP contribution in [0.1, 0.15) is 25.0 Å². The molecule has 0 aliphatic heterocycles. The molecule has 0 saturated carbocycles. The number of phenols is 1. The molecule has 1 rings (SSSR count). The highest BCUT2D eigenvalue weighted by Crippen LogP contribution is 2.35. The fraction of sp³-hybridized carbons (Fsp3) is 0.600. The second-order valence-corrected chi connectivity index (χ2v) is 5.44. The van der Waals surface area contributed by atoms with Crippen molar-refractivity contribution in [1.82, 2.24) is 0 Å². The topological polar surface area (TPSA) is 79.2 Å². The maximum atomic E-state index is 10.5. The van der Waals surface area contributed by atoms with Gasteiger partial charge in [0.1, 0.15) is 17.1 Å². The zero-order valence-electron chi connectivity index (χ0n) is 12.5. The summed E-state index contributed by atoms with van der Waals surface area (Å²) in [6.45, 7) is 5.59. The summed E-state index contributed by atoms with van der Waals surface area (Å²) in [5.41, 5.74) is -0.705. The first-order chi connectivity index (χ1) is 9.34. The summed E-state index contributed by atoms with van der Waals surface area (Å²) in [5, 5.41) is 30.0. The van der Waals surface area contributed by atoms with Crippen molar-refractivity contribution < 1.29 is 24.8 Å². The van der Waals surface area contributed by atoms with E-state index in [1.165, 1.54) is 19.2 Å². The van der Waals surface area contributed by atoms with Gasteiger partial charge in [0, 0.05) is 12.2 Å². The third-order valence-corrected chi connectivity index (χ3v) is 3.07. The van der Waals surface area contributed by atoms with E-state index < -0.39 is 12.2 Å². The van der Waals surface area contributed by atoms with Crippen molar-refractivity contribution in [3.63, 3.8) is 0 Å². The van der Waals surface area contributed by atoms with Crippen molar-refractivity contribution in [3.8, 4) is 11.5 Å². The number of hydrogen-bond acceptors (Lipinski definition) is 5. The van der Waals surface area contributed by atoms with Crippen LogP contribution in [-0.4, -0.2) is 42.3 Å². The first-order valence-corrected chi connectivity index (χ1v) is 6.63. The first-order valence-electron chi connectivity index (χ1n) is 6.63. The van der Waals surface area contributed by atoms with E-state index >= 15 is 0 Å². The number of aliphatic hydroxyl groups excluding tert-OH is 1. The van der Waals surface area contributed by atoms with Gasteiger partial charge in [-0.15, -0.1) is 0 Å². The summed E-state index contributed by atoms with van der Waals surface area (Å²) in [4.78, 5) is 0. The molecule has 5 heteroatoms. The maximum Gasteiger partial charge on any atom is 0.139 e. The van der Waals surface area contributed by atoms with Crippen LogP contribution in [0, 0.1) is 12.8 Å². The lowest BCUT2D eigenvalue weighted by Crippen LogP contribution is -2.36. The molecular weight excluding hydrogens is 260 g/mol. The summed E-state index contributed by atoms with van der Waals surface area (Å²) in [5.74, 6) is 0.764. The number of rotatable bonds is 7. The molecule has 1 aromatic carbocycles. The highest BCUT2D eigenvalue weighted by atomic mass is 16.5. The minimum absolute atomic E-state index is 0.0898. The zero-order chi connectivity index (χ0) is 15.3. The van der Waals surface area contributed by atoms with Gasteiger partial charge in [0.15, 0.2) is 0 Å². The largest absolute Gasteiger partial charge is 0.508 e. The Hall–Kier alpha value is -1.30. The number of ether oxygens (including phenoxy) is 2. The van der Waals surface area contributed by atoms with E-state index in [1.54, 1.807) is 6.92 Å². The number of aromatic hydroxyl groups is 1. The van der Waals surface area contributed by atoms with Crippen molar-refractivity contribution >= 4 is 0 Å². The minimum Gasteiger partial charge on any atom is -0.508 e. The molecule has 0 aromatic heterocycles. The fourth-order valence-electron chi connectivity index (χ4n) is 1.94. The molecular formula is C15H24O5. The van der Waals surface area contributed by atoms with Crippen LogP contribution >= 0.6 is 0 Å². The molecule has 0 amide bonds. The lowest BCUT2D eigenvalue weighted by Gasteiger charge is -2.28. The van der Waals surface area contributed by atoms with Gasteiger partial charge >= 0.3 is 0 Å². The molecule has 0 fully saturated rings. The summed E-state index contributed by atoms with van der Waals surface area (Å²) >= 11 is 0. The minimum atomic E-state index is -1.65. The molecule has 5 nitrogen and oxygen atoms in total. The predicted octanol–water partition coefficient (Wildman–Crippen LogP) is 1.56. The van der Waals surface area contributed by atoms with Crippen LogP contribution < -0.4 is 4.74 Å². The van der Waals surface area contributed by atoms with Gasteiger partial charge in [-0.05, 0) is 30.5 Å². The fourth-order valence-corrected chi connectivity index (χ4v) is 1.94. The van der Waals surface area contributed by atoms with Crippen LogP contribution in [0.4, 0.5) is 0 Å². The Balaban J connectivity index is 3.03. The van der Waals surface area contributed by atoms with Gasteiger partial charge in [0.05, 0.1) is 20.3 Å². The average Bonchev–Trinajstić information content (AvgIpc) is 2.38. The van der Waals surface area contributed by atoms with Gasteiger partial charge in [-0.1, -0.05) is 13.8 Å². The highest BCUT2D eigenvalue weighted by Gasteiger charge is 2.33. The highest BCUT2D eigenvalue weighted by molar-refractivity contribution is 5.47. The molecule has 1 aromatic rings. The van der Waals surface area contributed by atoms with Crippen LogP contribution in [-0.2, 0) is 10.3 Å². The molecule has 3 N–H and O–H groups in total. The molecule has 0 aliphatic carbocycles. The first kappa shape index (κ1) is 16.8. The van der Waals surface area contributed by atoms with E-state index in [9.17, 15) is 15.3 Å². The molecule has 0 aliphatic rings. The summed E-state index contributed by atoms with van der Waals surface area (Å²) < 4.78 is 10.6. The Morgan fingerprint density at radius 2 is 1.95 bits per heavy atom. The van der Waals surface area contributed by atoms with E-state index in [4.69, 9.17) is 9.47 Å². The van der Waals surface area contributed by atoms with Crippen molar-refractivity contribution in [3.05, 3.63) is 23.3 Å². The summed E-state index contributed by atoms with van der Waals surface area (Å²) in [7, 11) is 1.51. The predicted molar refractivity (Wildman–Crippen MR) is 76.0 cm³/mol. The van der Waals surface area contributed by atoms with Crippen molar-refractivity contribution in [2.24, 2.45) is 5.92 Å². The van der Waals surface area contributed by atoms with Gasteiger partial charge in [0.25, 0.3) is 0 Å². The standard InChI is InChI=1S/C15H24O5/c1-10(2)7-20-9-15(18,8-16)12-6-14(19-4)11(3)5-13(12)17/h5-6,10,16-18H,7-9H2,1-4H3. The van der Waals surface area contributed by atoms with Gasteiger partial charge < -0.3 is 24.8 Å². The Morgan fingerprint density at radius 1 is 1.30 bits per heavy atom. The number of methoxy groups -OCH3 is 1. The second kappa shape index (κ2) is 6.92. The molecule has 114 valence electrons. The van der Waals surface area contributed by atoms with E-state index in [0.29, 0.717) is 18.3 Å². The number of hydrogen-bond donors (Lipinski definition) is 3. The third kappa shape index (κ3) is 3.85. The van der Waals surface area contributed by atoms with Crippen LogP contribution in [0.2, 0.25) is 0 Å². The number of aliphatic hydroxyl groups is 2. The molecule has 0 spiro atoms. The molecule has 0 saturated heterocycles. The van der Waals surface area contributed by atoms with Crippen LogP contribution in [0.5, 0.6) is 11.5 Å². The normalized spacial score (nSPS) is 14.3. The third-order valence-electron chi connectivity index (χ3n) is 3.07. The monoisotopic (exact) mass is 284 g/mol. The Labute approximate surface area is 119 Å². The van der Waals surface area contributed by atoms with Gasteiger partial charge in [-0.3, -0.25) is 0 Å². The quantitative estimate of drug-likeness (QED) is 0.708. The summed E-state index contributed by atoms with van der Waals surface area (Å²) in [6, 6.07) is 3.02. The zero-order valence-corrected chi connectivity index (χ0v) is 12.5. The van der Waals surface area contributed by atoms with Gasteiger partial charge in [0.2, 0.25) is 0 Å². The second-order valence-electron chi connectivity index (χ2n) is 5.44. The molecule has 0 heterocycles. The molecule has 1 atom stereocenters. The number of aryl methyl sites for hydroxylation is 1. The van der Waals surface area contributed by atoms with Gasteiger partial charge in [-0.2, -0.15) is 0 Å².